The summed E-state index contributed by atoms with van der Waals surface area (Å²) < 4.78 is 5.89. The lowest BCUT2D eigenvalue weighted by molar-refractivity contribution is 0.153. The van der Waals surface area contributed by atoms with Crippen LogP contribution in [-0.4, -0.2) is 37.7 Å². The van der Waals surface area contributed by atoms with Gasteiger partial charge in [-0.2, -0.15) is 0 Å². The van der Waals surface area contributed by atoms with Gasteiger partial charge in [0.1, 0.15) is 5.75 Å². The molecule has 0 aliphatic carbocycles. The number of benzene rings is 1. The van der Waals surface area contributed by atoms with Crippen molar-refractivity contribution in [1.82, 2.24) is 10.2 Å². The molecular formula is C18H30N2O. The molecular weight excluding hydrogens is 260 g/mol. The number of nitrogens with zero attached hydrogens (tertiary/aromatic N) is 1. The van der Waals surface area contributed by atoms with E-state index >= 15 is 0 Å². The second-order valence-electron chi connectivity index (χ2n) is 6.09. The van der Waals surface area contributed by atoms with Crippen LogP contribution in [0.1, 0.15) is 44.6 Å². The monoisotopic (exact) mass is 290 g/mol. The van der Waals surface area contributed by atoms with Crippen LogP contribution in [0.5, 0.6) is 5.75 Å². The molecule has 0 aromatic heterocycles. The molecule has 0 amide bonds. The number of piperidine rings is 1. The molecule has 0 spiro atoms. The van der Waals surface area contributed by atoms with Crippen LogP contribution >= 0.6 is 0 Å². The summed E-state index contributed by atoms with van der Waals surface area (Å²) >= 11 is 0. The SMILES string of the molecule is CCCNCc1ccc(OCCC2CCCCN2C)cc1. The average molecular weight is 290 g/mol. The Kier molecular flexibility index (Phi) is 7.04. The van der Waals surface area contributed by atoms with Crippen molar-refractivity contribution in [2.24, 2.45) is 0 Å². The lowest BCUT2D eigenvalue weighted by atomic mass is 10.0. The smallest absolute Gasteiger partial charge is 0.119 e. The van der Waals surface area contributed by atoms with E-state index in [2.05, 4.69) is 48.5 Å². The molecule has 118 valence electrons. The highest BCUT2D eigenvalue weighted by molar-refractivity contribution is 5.27. The predicted molar refractivity (Wildman–Crippen MR) is 88.8 cm³/mol. The second kappa shape index (κ2) is 9.06. The minimum absolute atomic E-state index is 0.705. The van der Waals surface area contributed by atoms with E-state index in [1.54, 1.807) is 0 Å². The Morgan fingerprint density at radius 3 is 2.76 bits per heavy atom. The number of likely N-dealkylation sites (tertiary alicyclic amines) is 1. The molecule has 1 N–H and O–H groups in total. The van der Waals surface area contributed by atoms with Gasteiger partial charge in [0.15, 0.2) is 0 Å². The highest BCUT2D eigenvalue weighted by Gasteiger charge is 2.18. The van der Waals surface area contributed by atoms with Gasteiger partial charge in [0, 0.05) is 12.6 Å². The van der Waals surface area contributed by atoms with E-state index in [1.807, 2.05) is 0 Å². The van der Waals surface area contributed by atoms with E-state index in [1.165, 1.54) is 37.8 Å². The molecule has 1 aliphatic heterocycles. The van der Waals surface area contributed by atoms with Crippen LogP contribution in [0.4, 0.5) is 0 Å². The molecule has 1 aromatic carbocycles. The molecule has 1 fully saturated rings. The first-order valence-electron chi connectivity index (χ1n) is 8.42. The van der Waals surface area contributed by atoms with Crippen molar-refractivity contribution < 1.29 is 4.74 Å². The van der Waals surface area contributed by atoms with Crippen molar-refractivity contribution in [3.8, 4) is 5.75 Å². The van der Waals surface area contributed by atoms with Crippen LogP contribution in [0.2, 0.25) is 0 Å². The number of hydrogen-bond acceptors (Lipinski definition) is 3. The number of rotatable bonds is 8. The van der Waals surface area contributed by atoms with Gasteiger partial charge < -0.3 is 15.0 Å². The summed E-state index contributed by atoms with van der Waals surface area (Å²) in [7, 11) is 2.24. The minimum Gasteiger partial charge on any atom is -0.494 e. The molecule has 1 atom stereocenters. The van der Waals surface area contributed by atoms with Crippen LogP contribution < -0.4 is 10.1 Å². The molecule has 1 aliphatic rings. The van der Waals surface area contributed by atoms with Crippen LogP contribution in [0.3, 0.4) is 0 Å². The molecule has 2 rings (SSSR count). The van der Waals surface area contributed by atoms with E-state index in [9.17, 15) is 0 Å². The first-order valence-corrected chi connectivity index (χ1v) is 8.42. The molecule has 21 heavy (non-hydrogen) atoms. The molecule has 0 bridgehead atoms. The summed E-state index contributed by atoms with van der Waals surface area (Å²) in [6.45, 7) is 6.27. The van der Waals surface area contributed by atoms with Crippen molar-refractivity contribution in [3.63, 3.8) is 0 Å². The molecule has 0 saturated carbocycles. The van der Waals surface area contributed by atoms with E-state index < -0.39 is 0 Å². The van der Waals surface area contributed by atoms with Gasteiger partial charge in [-0.15, -0.1) is 0 Å². The Morgan fingerprint density at radius 1 is 1.24 bits per heavy atom. The van der Waals surface area contributed by atoms with Gasteiger partial charge in [0.25, 0.3) is 0 Å². The van der Waals surface area contributed by atoms with E-state index in [4.69, 9.17) is 4.74 Å². The van der Waals surface area contributed by atoms with E-state index in [0.29, 0.717) is 6.04 Å². The maximum Gasteiger partial charge on any atom is 0.119 e. The summed E-state index contributed by atoms with van der Waals surface area (Å²) in [6, 6.07) is 9.20. The van der Waals surface area contributed by atoms with Gasteiger partial charge in [-0.05, 0) is 63.5 Å². The Labute approximate surface area is 129 Å². The molecule has 3 heteroatoms. The third-order valence-corrected chi connectivity index (χ3v) is 4.32. The Bertz CT molecular complexity index is 391. The third-order valence-electron chi connectivity index (χ3n) is 4.32. The third kappa shape index (κ3) is 5.68. The second-order valence-corrected chi connectivity index (χ2v) is 6.09. The van der Waals surface area contributed by atoms with Crippen LogP contribution in [-0.2, 0) is 6.54 Å². The van der Waals surface area contributed by atoms with Crippen molar-refractivity contribution >= 4 is 0 Å². The van der Waals surface area contributed by atoms with Crippen LogP contribution in [0, 0.1) is 0 Å². The van der Waals surface area contributed by atoms with Gasteiger partial charge >= 0.3 is 0 Å². The normalized spacial score (nSPS) is 19.6. The molecule has 1 unspecified atom stereocenters. The Balaban J connectivity index is 1.68. The molecule has 1 saturated heterocycles. The van der Waals surface area contributed by atoms with Crippen molar-refractivity contribution in [2.45, 2.75) is 51.6 Å². The summed E-state index contributed by atoms with van der Waals surface area (Å²) in [6.07, 6.45) is 6.35. The van der Waals surface area contributed by atoms with Crippen LogP contribution in [0.15, 0.2) is 24.3 Å². The summed E-state index contributed by atoms with van der Waals surface area (Å²) in [5.41, 5.74) is 1.32. The number of ether oxygens (including phenoxy) is 1. The highest BCUT2D eigenvalue weighted by Crippen LogP contribution is 2.19. The summed E-state index contributed by atoms with van der Waals surface area (Å²) in [5, 5.41) is 3.42. The van der Waals surface area contributed by atoms with Gasteiger partial charge in [-0.3, -0.25) is 0 Å². The highest BCUT2D eigenvalue weighted by atomic mass is 16.5. The number of hydrogen-bond donors (Lipinski definition) is 1. The van der Waals surface area contributed by atoms with E-state index in [-0.39, 0.29) is 0 Å². The fourth-order valence-electron chi connectivity index (χ4n) is 2.93. The fraction of sp³-hybridized carbons (Fsp3) is 0.667. The molecule has 1 heterocycles. The van der Waals surface area contributed by atoms with Crippen LogP contribution in [0.25, 0.3) is 0 Å². The zero-order chi connectivity index (χ0) is 14.9. The first kappa shape index (κ1) is 16.3. The van der Waals surface area contributed by atoms with E-state index in [0.717, 1.165) is 31.9 Å². The van der Waals surface area contributed by atoms with Crippen molar-refractivity contribution in [2.75, 3.05) is 26.7 Å². The topological polar surface area (TPSA) is 24.5 Å². The van der Waals surface area contributed by atoms with Gasteiger partial charge in [-0.1, -0.05) is 25.5 Å². The molecule has 1 aromatic rings. The van der Waals surface area contributed by atoms with Crippen molar-refractivity contribution in [3.05, 3.63) is 29.8 Å². The fourth-order valence-corrected chi connectivity index (χ4v) is 2.93. The first-order chi connectivity index (χ1) is 10.3. The minimum atomic E-state index is 0.705. The van der Waals surface area contributed by atoms with Gasteiger partial charge in [0.2, 0.25) is 0 Å². The largest absolute Gasteiger partial charge is 0.494 e. The lowest BCUT2D eigenvalue weighted by Gasteiger charge is -2.32. The van der Waals surface area contributed by atoms with Gasteiger partial charge in [0.05, 0.1) is 6.61 Å². The lowest BCUT2D eigenvalue weighted by Crippen LogP contribution is -2.37. The maximum absolute atomic E-state index is 5.89. The van der Waals surface area contributed by atoms with Gasteiger partial charge in [-0.25, -0.2) is 0 Å². The quantitative estimate of drug-likeness (QED) is 0.742. The predicted octanol–water partition coefficient (Wildman–Crippen LogP) is 3.44. The standard InChI is InChI=1S/C18H30N2O/c1-3-12-19-15-16-7-9-18(10-8-16)21-14-11-17-6-4-5-13-20(17)2/h7-10,17,19H,3-6,11-15H2,1-2H3. The maximum atomic E-state index is 5.89. The molecule has 3 nitrogen and oxygen atoms in total. The average Bonchev–Trinajstić information content (AvgIpc) is 2.51. The zero-order valence-corrected chi connectivity index (χ0v) is 13.6. The Morgan fingerprint density at radius 2 is 2.05 bits per heavy atom. The van der Waals surface area contributed by atoms with Crippen molar-refractivity contribution in [1.29, 1.82) is 0 Å². The molecule has 0 radical (unpaired) electrons. The summed E-state index contributed by atoms with van der Waals surface area (Å²) in [5.74, 6) is 0.993. The zero-order valence-electron chi connectivity index (χ0n) is 13.6. The summed E-state index contributed by atoms with van der Waals surface area (Å²) in [4.78, 5) is 2.48. The number of nitrogens with one attached hydrogen (secondary N) is 1. The Hall–Kier alpha value is -1.06.